The fourth-order valence-corrected chi connectivity index (χ4v) is 3.73. The van der Waals surface area contributed by atoms with Crippen molar-refractivity contribution in [2.24, 2.45) is 0 Å². The maximum Gasteiger partial charge on any atom is 0.405 e. The molecule has 3 heterocycles. The van der Waals surface area contributed by atoms with Gasteiger partial charge in [0.1, 0.15) is 23.7 Å². The molecule has 1 amide bonds. The van der Waals surface area contributed by atoms with Crippen LogP contribution in [-0.4, -0.2) is 45.7 Å². The lowest BCUT2D eigenvalue weighted by Gasteiger charge is -2.41. The van der Waals surface area contributed by atoms with Gasteiger partial charge in [0.25, 0.3) is 0 Å². The minimum absolute atomic E-state index is 0.231. The highest BCUT2D eigenvalue weighted by atomic mass is 35.5. The van der Waals surface area contributed by atoms with Gasteiger partial charge in [-0.2, -0.15) is 13.2 Å². The number of carbonyl (C=O) groups is 1. The number of fused-ring (bicyclic) bond motifs is 1. The van der Waals surface area contributed by atoms with Crippen LogP contribution in [0.5, 0.6) is 0 Å². The predicted molar refractivity (Wildman–Crippen MR) is 101 cm³/mol. The number of hydrogen-bond donors (Lipinski definition) is 3. The third-order valence-electron chi connectivity index (χ3n) is 5.26. The smallest absolute Gasteiger partial charge is 0.369 e. The van der Waals surface area contributed by atoms with E-state index in [9.17, 15) is 22.4 Å². The van der Waals surface area contributed by atoms with Crippen molar-refractivity contribution in [1.29, 1.82) is 0 Å². The first kappa shape index (κ1) is 20.6. The Morgan fingerprint density at radius 3 is 2.73 bits per heavy atom. The molecule has 1 fully saturated rings. The zero-order valence-electron chi connectivity index (χ0n) is 15.5. The summed E-state index contributed by atoms with van der Waals surface area (Å²) < 4.78 is 51.8. The van der Waals surface area contributed by atoms with Crippen LogP contribution in [0.3, 0.4) is 0 Å². The molecule has 4 rings (SSSR count). The molecule has 1 aliphatic heterocycles. The van der Waals surface area contributed by atoms with Crippen molar-refractivity contribution in [2.75, 3.05) is 23.7 Å². The number of hydrogen-bond acceptors (Lipinski definition) is 6. The lowest BCUT2D eigenvalue weighted by Crippen LogP contribution is -2.58. The molecule has 1 atom stereocenters. The van der Waals surface area contributed by atoms with Gasteiger partial charge < -0.3 is 16.0 Å². The van der Waals surface area contributed by atoms with E-state index in [1.54, 1.807) is 6.07 Å². The van der Waals surface area contributed by atoms with Crippen LogP contribution in [0.4, 0.5) is 29.2 Å². The van der Waals surface area contributed by atoms with Crippen LogP contribution in [0.2, 0.25) is 5.02 Å². The Morgan fingerprint density at radius 2 is 2.07 bits per heavy atom. The fraction of sp³-hybridized carbons (Fsp3) is 0.444. The molecular formula is C18H17ClF4N6O. The summed E-state index contributed by atoms with van der Waals surface area (Å²) in [6, 6.07) is 1.71. The number of nitrogens with zero attached hydrogens (tertiary/aromatic N) is 3. The summed E-state index contributed by atoms with van der Waals surface area (Å²) in [6.45, 7) is -1.03. The summed E-state index contributed by atoms with van der Waals surface area (Å²) in [6.07, 6.45) is -0.914. The first-order chi connectivity index (χ1) is 14.2. The van der Waals surface area contributed by atoms with Gasteiger partial charge in [0.15, 0.2) is 11.6 Å². The van der Waals surface area contributed by atoms with Crippen LogP contribution in [0.25, 0.3) is 0 Å². The van der Waals surface area contributed by atoms with Crippen molar-refractivity contribution in [3.8, 4) is 0 Å². The number of pyridine rings is 1. The van der Waals surface area contributed by atoms with Crippen LogP contribution >= 0.6 is 11.6 Å². The molecule has 0 aromatic carbocycles. The quantitative estimate of drug-likeness (QED) is 0.613. The van der Waals surface area contributed by atoms with Gasteiger partial charge >= 0.3 is 6.18 Å². The molecule has 3 N–H and O–H groups in total. The molecule has 30 heavy (non-hydrogen) atoms. The van der Waals surface area contributed by atoms with Crippen molar-refractivity contribution < 1.29 is 22.4 Å². The van der Waals surface area contributed by atoms with Crippen molar-refractivity contribution in [3.05, 3.63) is 40.7 Å². The number of carbonyl (C=O) groups excluding carboxylic acids is 1. The second-order valence-corrected chi connectivity index (χ2v) is 7.74. The Kier molecular flexibility index (Phi) is 5.16. The average Bonchev–Trinajstić information content (AvgIpc) is 3.06. The number of halogens is 5. The Hall–Kier alpha value is -2.69. The number of alkyl halides is 3. The maximum absolute atomic E-state index is 14.4. The maximum atomic E-state index is 14.4. The molecule has 0 spiro atoms. The summed E-state index contributed by atoms with van der Waals surface area (Å²) in [7, 11) is 0. The largest absolute Gasteiger partial charge is 0.405 e. The molecule has 0 bridgehead atoms. The zero-order valence-corrected chi connectivity index (χ0v) is 16.2. The van der Waals surface area contributed by atoms with E-state index in [-0.39, 0.29) is 30.4 Å². The van der Waals surface area contributed by atoms with E-state index in [2.05, 4.69) is 25.6 Å². The normalized spacial score (nSPS) is 19.4. The SMILES string of the molecule is O=C(NCC(F)(F)F)C1(Nc2nc(C3CNc4ncc(Cl)cc43)ncc2F)CCC1. The molecule has 1 aliphatic carbocycles. The van der Waals surface area contributed by atoms with Gasteiger partial charge in [0.05, 0.1) is 17.1 Å². The Morgan fingerprint density at radius 1 is 1.30 bits per heavy atom. The summed E-state index contributed by atoms with van der Waals surface area (Å²) in [5, 5.41) is 8.12. The van der Waals surface area contributed by atoms with E-state index in [1.807, 2.05) is 5.32 Å². The number of rotatable bonds is 5. The number of amides is 1. The predicted octanol–water partition coefficient (Wildman–Crippen LogP) is 3.23. The molecule has 2 aliphatic rings. The highest BCUT2D eigenvalue weighted by Crippen LogP contribution is 2.38. The van der Waals surface area contributed by atoms with Gasteiger partial charge in [0.2, 0.25) is 5.91 Å². The molecule has 2 aromatic heterocycles. The van der Waals surface area contributed by atoms with E-state index in [0.29, 0.717) is 23.8 Å². The van der Waals surface area contributed by atoms with Crippen LogP contribution in [0, 0.1) is 5.82 Å². The Bertz CT molecular complexity index is 982. The van der Waals surface area contributed by atoms with E-state index in [0.717, 1.165) is 11.8 Å². The van der Waals surface area contributed by atoms with Crippen molar-refractivity contribution >= 4 is 29.1 Å². The van der Waals surface area contributed by atoms with Crippen LogP contribution < -0.4 is 16.0 Å². The standard InChI is InChI=1S/C18H17ClF4N6O/c19-9-4-10-11(6-25-13(10)24-5-9)14-26-7-12(20)15(28-14)29-17(2-1-3-17)16(30)27-8-18(21,22)23/h4-5,7,11H,1-3,6,8H2,(H,24,25)(H,27,30)(H,26,28,29). The lowest BCUT2D eigenvalue weighted by molar-refractivity contribution is -0.142. The van der Waals surface area contributed by atoms with Gasteiger partial charge in [-0.1, -0.05) is 11.6 Å². The second kappa shape index (κ2) is 7.53. The zero-order chi connectivity index (χ0) is 21.5. The summed E-state index contributed by atoms with van der Waals surface area (Å²) in [4.78, 5) is 24.8. The molecule has 1 saturated carbocycles. The monoisotopic (exact) mass is 444 g/mol. The van der Waals surface area contributed by atoms with Crippen molar-refractivity contribution in [1.82, 2.24) is 20.3 Å². The van der Waals surface area contributed by atoms with Gasteiger partial charge in [-0.15, -0.1) is 0 Å². The molecule has 0 radical (unpaired) electrons. The van der Waals surface area contributed by atoms with Gasteiger partial charge in [-0.25, -0.2) is 19.3 Å². The minimum atomic E-state index is -4.54. The summed E-state index contributed by atoms with van der Waals surface area (Å²) in [5.41, 5.74) is -0.588. The molecule has 1 unspecified atom stereocenters. The van der Waals surface area contributed by atoms with E-state index in [4.69, 9.17) is 11.6 Å². The molecular weight excluding hydrogens is 428 g/mol. The highest BCUT2D eigenvalue weighted by Gasteiger charge is 2.46. The van der Waals surface area contributed by atoms with Crippen molar-refractivity contribution in [3.63, 3.8) is 0 Å². The van der Waals surface area contributed by atoms with E-state index >= 15 is 0 Å². The second-order valence-electron chi connectivity index (χ2n) is 7.31. The summed E-state index contributed by atoms with van der Waals surface area (Å²) in [5.74, 6) is -1.32. The lowest BCUT2D eigenvalue weighted by atomic mass is 9.76. The molecule has 160 valence electrons. The number of nitrogens with one attached hydrogen (secondary N) is 3. The number of anilines is 2. The van der Waals surface area contributed by atoms with Crippen LogP contribution in [-0.2, 0) is 4.79 Å². The topological polar surface area (TPSA) is 91.8 Å². The molecule has 12 heteroatoms. The Labute approximate surface area is 173 Å². The number of aromatic nitrogens is 3. The van der Waals surface area contributed by atoms with Gasteiger partial charge in [-0.05, 0) is 25.3 Å². The van der Waals surface area contributed by atoms with Crippen LogP contribution in [0.1, 0.15) is 36.6 Å². The average molecular weight is 445 g/mol. The molecule has 7 nitrogen and oxygen atoms in total. The van der Waals surface area contributed by atoms with Crippen LogP contribution in [0.15, 0.2) is 18.5 Å². The van der Waals surface area contributed by atoms with Crippen molar-refractivity contribution in [2.45, 2.75) is 36.9 Å². The summed E-state index contributed by atoms with van der Waals surface area (Å²) >= 11 is 6.01. The molecule has 2 aromatic rings. The van der Waals surface area contributed by atoms with E-state index in [1.165, 1.54) is 6.20 Å². The first-order valence-corrected chi connectivity index (χ1v) is 9.60. The third-order valence-corrected chi connectivity index (χ3v) is 5.46. The van der Waals surface area contributed by atoms with Gasteiger partial charge in [0, 0.05) is 18.3 Å². The fourth-order valence-electron chi connectivity index (χ4n) is 3.56. The third kappa shape index (κ3) is 3.98. The minimum Gasteiger partial charge on any atom is -0.369 e. The Balaban J connectivity index is 1.57. The molecule has 0 saturated heterocycles. The van der Waals surface area contributed by atoms with E-state index < -0.39 is 30.0 Å². The highest BCUT2D eigenvalue weighted by molar-refractivity contribution is 6.30. The first-order valence-electron chi connectivity index (χ1n) is 9.22. The van der Waals surface area contributed by atoms with Gasteiger partial charge in [-0.3, -0.25) is 4.79 Å².